The third kappa shape index (κ3) is 4.84. The Balaban J connectivity index is 1.38. The lowest BCUT2D eigenvalue weighted by Crippen LogP contribution is -2.39. The molecule has 0 amide bonds. The first kappa shape index (κ1) is 19.6. The Hall–Kier alpha value is -2.68. The molecule has 8 heteroatoms. The normalized spacial score (nSPS) is 13.0. The maximum Gasteiger partial charge on any atom is 0.236 e. The fourth-order valence-corrected chi connectivity index (χ4v) is 4.56. The highest BCUT2D eigenvalue weighted by atomic mass is 32.1. The van der Waals surface area contributed by atoms with E-state index in [1.54, 1.807) is 28.9 Å². The predicted octanol–water partition coefficient (Wildman–Crippen LogP) is 4.41. The van der Waals surface area contributed by atoms with Gasteiger partial charge in [0.1, 0.15) is 18.1 Å². The van der Waals surface area contributed by atoms with E-state index in [4.69, 9.17) is 4.42 Å². The fraction of sp³-hybridized carbons (Fsp3) is 0.238. The molecule has 1 aromatic carbocycles. The number of rotatable bonds is 7. The molecule has 29 heavy (non-hydrogen) atoms. The summed E-state index contributed by atoms with van der Waals surface area (Å²) in [5.41, 5.74) is 0.760. The molecule has 3 N–H and O–H groups in total. The van der Waals surface area contributed by atoms with E-state index >= 15 is 0 Å². The van der Waals surface area contributed by atoms with E-state index in [1.807, 2.05) is 42.6 Å². The summed E-state index contributed by atoms with van der Waals surface area (Å²) in [7, 11) is 0. The van der Waals surface area contributed by atoms with Crippen LogP contribution < -0.4 is 10.6 Å². The number of aliphatic imine (C=N–C) groups is 1. The largest absolute Gasteiger partial charge is 0.443 e. The van der Waals surface area contributed by atoms with Gasteiger partial charge in [-0.15, -0.1) is 22.7 Å². The van der Waals surface area contributed by atoms with Gasteiger partial charge >= 0.3 is 0 Å². The van der Waals surface area contributed by atoms with Gasteiger partial charge in [-0.25, -0.2) is 9.98 Å². The van der Waals surface area contributed by atoms with Crippen LogP contribution in [0.5, 0.6) is 0 Å². The fourth-order valence-electron chi connectivity index (χ4n) is 2.86. The standard InChI is InChI=1S/C21H22N4O2S2/c1-2-22-21(23-11-15-13-27-20(25-15)18-8-5-9-28-18)24-12-16(26)19-10-14-6-3-4-7-17(14)29-19/h3-10,13,16,26H,2,11-12H2,1H3,(H2,22,23,24). The molecule has 6 nitrogen and oxygen atoms in total. The second-order valence-electron chi connectivity index (χ2n) is 6.40. The van der Waals surface area contributed by atoms with Crippen molar-refractivity contribution in [3.8, 4) is 10.8 Å². The Morgan fingerprint density at radius 2 is 2.14 bits per heavy atom. The number of fused-ring (bicyclic) bond motifs is 1. The van der Waals surface area contributed by atoms with Crippen LogP contribution in [0.1, 0.15) is 23.6 Å². The van der Waals surface area contributed by atoms with Crippen molar-refractivity contribution >= 4 is 38.7 Å². The molecule has 0 fully saturated rings. The molecule has 4 rings (SSSR count). The first-order valence-electron chi connectivity index (χ1n) is 9.40. The van der Waals surface area contributed by atoms with Gasteiger partial charge in [-0.05, 0) is 35.9 Å². The van der Waals surface area contributed by atoms with E-state index in [0.29, 0.717) is 24.9 Å². The first-order valence-corrected chi connectivity index (χ1v) is 11.1. The maximum atomic E-state index is 10.6. The minimum absolute atomic E-state index is 0.373. The second kappa shape index (κ2) is 9.21. The number of aliphatic hydroxyl groups excluding tert-OH is 1. The summed E-state index contributed by atoms with van der Waals surface area (Å²) in [6.07, 6.45) is 1.03. The highest BCUT2D eigenvalue weighted by Gasteiger charge is 2.12. The molecule has 0 aliphatic rings. The highest BCUT2D eigenvalue weighted by Crippen LogP contribution is 2.29. The van der Waals surface area contributed by atoms with Crippen molar-refractivity contribution in [3.63, 3.8) is 0 Å². The van der Waals surface area contributed by atoms with Crippen molar-refractivity contribution in [1.82, 2.24) is 15.6 Å². The summed E-state index contributed by atoms with van der Waals surface area (Å²) in [6.45, 7) is 3.50. The summed E-state index contributed by atoms with van der Waals surface area (Å²) in [5, 5.41) is 20.1. The van der Waals surface area contributed by atoms with Crippen LogP contribution in [0.3, 0.4) is 0 Å². The SMILES string of the molecule is CCNC(=NCc1coc(-c2cccs2)n1)NCC(O)c1cc2ccccc2s1. The number of hydrogen-bond acceptors (Lipinski definition) is 6. The monoisotopic (exact) mass is 426 g/mol. The molecule has 0 aliphatic carbocycles. The Morgan fingerprint density at radius 3 is 2.93 bits per heavy atom. The number of nitrogens with one attached hydrogen (secondary N) is 2. The average molecular weight is 427 g/mol. The molecule has 3 heterocycles. The number of nitrogens with zero attached hydrogens (tertiary/aromatic N) is 2. The summed E-state index contributed by atoms with van der Waals surface area (Å²) >= 11 is 3.20. The van der Waals surface area contributed by atoms with Crippen LogP contribution in [0.25, 0.3) is 20.9 Å². The molecule has 150 valence electrons. The van der Waals surface area contributed by atoms with Gasteiger partial charge in [0.15, 0.2) is 5.96 Å². The maximum absolute atomic E-state index is 10.6. The Kier molecular flexibility index (Phi) is 6.24. The average Bonchev–Trinajstić information content (AvgIpc) is 3.49. The minimum Gasteiger partial charge on any atom is -0.443 e. The van der Waals surface area contributed by atoms with Crippen LogP contribution in [0.4, 0.5) is 0 Å². The summed E-state index contributed by atoms with van der Waals surface area (Å²) in [6, 6.07) is 14.1. The molecule has 0 spiro atoms. The van der Waals surface area contributed by atoms with Gasteiger partial charge in [0.05, 0.1) is 11.4 Å². The Morgan fingerprint density at radius 1 is 1.24 bits per heavy atom. The topological polar surface area (TPSA) is 82.7 Å². The number of thiophene rings is 2. The molecule has 0 radical (unpaired) electrons. The van der Waals surface area contributed by atoms with Crippen molar-refractivity contribution in [2.24, 2.45) is 4.99 Å². The van der Waals surface area contributed by atoms with Crippen molar-refractivity contribution in [1.29, 1.82) is 0 Å². The zero-order valence-electron chi connectivity index (χ0n) is 16.0. The minimum atomic E-state index is -0.603. The van der Waals surface area contributed by atoms with E-state index in [9.17, 15) is 5.11 Å². The van der Waals surface area contributed by atoms with Gasteiger partial charge < -0.3 is 20.2 Å². The third-order valence-corrected chi connectivity index (χ3v) is 6.34. The van der Waals surface area contributed by atoms with Crippen LogP contribution in [0, 0.1) is 0 Å². The van der Waals surface area contributed by atoms with Crippen LogP contribution in [-0.4, -0.2) is 29.1 Å². The molecule has 1 unspecified atom stereocenters. The number of hydrogen-bond donors (Lipinski definition) is 3. The van der Waals surface area contributed by atoms with Gasteiger partial charge in [-0.3, -0.25) is 0 Å². The number of aromatic nitrogens is 1. The molecule has 3 aromatic heterocycles. The lowest BCUT2D eigenvalue weighted by Gasteiger charge is -2.14. The van der Waals surface area contributed by atoms with Gasteiger partial charge in [0.2, 0.25) is 5.89 Å². The molecule has 0 saturated carbocycles. The molecular formula is C21H22N4O2S2. The van der Waals surface area contributed by atoms with Crippen molar-refractivity contribution < 1.29 is 9.52 Å². The van der Waals surface area contributed by atoms with Crippen LogP contribution >= 0.6 is 22.7 Å². The lowest BCUT2D eigenvalue weighted by molar-refractivity contribution is 0.184. The van der Waals surface area contributed by atoms with Crippen molar-refractivity contribution in [2.75, 3.05) is 13.1 Å². The Bertz CT molecular complexity index is 1050. The lowest BCUT2D eigenvalue weighted by atomic mass is 10.2. The van der Waals surface area contributed by atoms with Gasteiger partial charge in [0.25, 0.3) is 0 Å². The predicted molar refractivity (Wildman–Crippen MR) is 119 cm³/mol. The third-order valence-electron chi connectivity index (χ3n) is 4.26. The summed E-state index contributed by atoms with van der Waals surface area (Å²) in [4.78, 5) is 11.0. The quantitative estimate of drug-likeness (QED) is 0.301. The van der Waals surface area contributed by atoms with E-state index < -0.39 is 6.10 Å². The summed E-state index contributed by atoms with van der Waals surface area (Å²) < 4.78 is 6.71. The highest BCUT2D eigenvalue weighted by molar-refractivity contribution is 7.19. The molecule has 4 aromatic rings. The Labute approximate surface area is 177 Å². The number of guanidine groups is 1. The molecule has 0 saturated heterocycles. The zero-order chi connectivity index (χ0) is 20.1. The van der Waals surface area contributed by atoms with Crippen LogP contribution in [-0.2, 0) is 6.54 Å². The number of oxazole rings is 1. The molecular weight excluding hydrogens is 404 g/mol. The van der Waals surface area contributed by atoms with Crippen LogP contribution in [0.15, 0.2) is 63.5 Å². The first-order chi connectivity index (χ1) is 14.2. The molecule has 1 atom stereocenters. The van der Waals surface area contributed by atoms with E-state index in [2.05, 4.69) is 32.7 Å². The smallest absolute Gasteiger partial charge is 0.236 e. The van der Waals surface area contributed by atoms with Gasteiger partial charge in [-0.1, -0.05) is 24.3 Å². The number of benzene rings is 1. The van der Waals surface area contributed by atoms with E-state index in [0.717, 1.165) is 27.4 Å². The second-order valence-corrected chi connectivity index (χ2v) is 8.46. The van der Waals surface area contributed by atoms with E-state index in [-0.39, 0.29) is 0 Å². The zero-order valence-corrected chi connectivity index (χ0v) is 17.6. The van der Waals surface area contributed by atoms with Crippen molar-refractivity contribution in [3.05, 3.63) is 64.7 Å². The molecule has 0 aliphatic heterocycles. The number of aliphatic hydroxyl groups is 1. The van der Waals surface area contributed by atoms with Crippen LogP contribution in [0.2, 0.25) is 0 Å². The van der Waals surface area contributed by atoms with Gasteiger partial charge in [0, 0.05) is 22.7 Å². The van der Waals surface area contributed by atoms with Crippen molar-refractivity contribution in [2.45, 2.75) is 19.6 Å². The molecule has 0 bridgehead atoms. The van der Waals surface area contributed by atoms with E-state index in [1.165, 1.54) is 4.70 Å². The summed E-state index contributed by atoms with van der Waals surface area (Å²) in [5.74, 6) is 1.25. The van der Waals surface area contributed by atoms with Gasteiger partial charge in [-0.2, -0.15) is 0 Å².